The smallest absolute Gasteiger partial charge is 0.273 e. The Morgan fingerprint density at radius 2 is 1.90 bits per heavy atom. The number of ether oxygens (including phenoxy) is 2. The van der Waals surface area contributed by atoms with Gasteiger partial charge < -0.3 is 19.6 Å². The van der Waals surface area contributed by atoms with Gasteiger partial charge in [-0.15, -0.1) is 0 Å². The Balaban J connectivity index is 2.32. The van der Waals surface area contributed by atoms with Gasteiger partial charge in [-0.25, -0.2) is 0 Å². The number of hydrogen-bond acceptors (Lipinski definition) is 5. The second-order valence-electron chi connectivity index (χ2n) is 5.72. The van der Waals surface area contributed by atoms with Gasteiger partial charge in [-0.1, -0.05) is 35.5 Å². The number of amides is 1. The molecule has 0 heterocycles. The lowest BCUT2D eigenvalue weighted by molar-refractivity contribution is -0.114. The Labute approximate surface area is 187 Å². The minimum absolute atomic E-state index is 0.182. The Bertz CT molecular complexity index is 909. The summed E-state index contributed by atoms with van der Waals surface area (Å²) in [6, 6.07) is 13.1. The number of hydrogen-bond donors (Lipinski definition) is 1. The fraction of sp³-hybridized carbons (Fsp3) is 0.238. The third-order valence-corrected chi connectivity index (χ3v) is 4.28. The van der Waals surface area contributed by atoms with Crippen LogP contribution in [0.1, 0.15) is 23.6 Å². The van der Waals surface area contributed by atoms with Crippen LogP contribution in [0.4, 0.5) is 0 Å². The molecule has 2 aromatic rings. The predicted molar refractivity (Wildman–Crippen MR) is 122 cm³/mol. The van der Waals surface area contributed by atoms with Gasteiger partial charge in [0.1, 0.15) is 13.7 Å². The molecule has 0 bridgehead atoms. The van der Waals surface area contributed by atoms with E-state index in [9.17, 15) is 4.79 Å². The second kappa shape index (κ2) is 11.6. The molecule has 2 rings (SSSR count). The zero-order valence-corrected chi connectivity index (χ0v) is 19.5. The van der Waals surface area contributed by atoms with E-state index in [-0.39, 0.29) is 18.2 Å². The maximum absolute atomic E-state index is 12.2. The minimum atomic E-state index is -0.342. The van der Waals surface area contributed by atoms with Gasteiger partial charge in [0.25, 0.3) is 5.91 Å². The molecule has 0 radical (unpaired) electrons. The van der Waals surface area contributed by atoms with Crippen LogP contribution in [0.15, 0.2) is 51.0 Å². The fourth-order valence-electron chi connectivity index (χ4n) is 2.58. The van der Waals surface area contributed by atoms with E-state index < -0.39 is 0 Å². The van der Waals surface area contributed by atoms with Crippen molar-refractivity contribution in [2.75, 3.05) is 20.8 Å². The number of rotatable bonds is 9. The van der Waals surface area contributed by atoms with Gasteiger partial charge in [-0.05, 0) is 68.1 Å². The highest BCUT2D eigenvalue weighted by Crippen LogP contribution is 2.31. The molecule has 0 aliphatic heterocycles. The second-order valence-corrected chi connectivity index (χ2v) is 8.49. The highest BCUT2D eigenvalue weighted by Gasteiger charge is 2.18. The van der Waals surface area contributed by atoms with Crippen molar-refractivity contribution >= 4 is 49.6 Å². The molecule has 0 unspecified atom stereocenters. The van der Waals surface area contributed by atoms with E-state index in [0.29, 0.717) is 23.7 Å². The van der Waals surface area contributed by atoms with Crippen LogP contribution < -0.4 is 14.8 Å². The van der Waals surface area contributed by atoms with Crippen molar-refractivity contribution in [2.24, 2.45) is 5.16 Å². The molecule has 1 N–H and O–H groups in total. The van der Waals surface area contributed by atoms with Gasteiger partial charge in [-0.3, -0.25) is 4.79 Å². The zero-order chi connectivity index (χ0) is 21.2. The first-order valence-electron chi connectivity index (χ1n) is 8.84. The van der Waals surface area contributed by atoms with Crippen molar-refractivity contribution in [3.05, 3.63) is 62.5 Å². The van der Waals surface area contributed by atoms with Gasteiger partial charge in [0.2, 0.25) is 0 Å². The summed E-state index contributed by atoms with van der Waals surface area (Å²) in [4.78, 5) is 17.0. The molecule has 8 heteroatoms. The van der Waals surface area contributed by atoms with E-state index >= 15 is 0 Å². The standard InChI is InChI=1S/C21H22Br2N2O4/c1-4-28-18-11-14(12-19(22)23)9-10-17(18)29-13-15-7-5-6-8-16(15)20(25-27-3)21(26)24-2/h5-12H,4,13H2,1-3H3,(H,24,26)/b25-20+. The van der Waals surface area contributed by atoms with E-state index in [1.54, 1.807) is 13.1 Å². The Kier molecular flexibility index (Phi) is 9.21. The summed E-state index contributed by atoms with van der Waals surface area (Å²) in [7, 11) is 2.94. The van der Waals surface area contributed by atoms with E-state index in [1.807, 2.05) is 49.4 Å². The minimum Gasteiger partial charge on any atom is -0.490 e. The molecule has 1 amide bonds. The van der Waals surface area contributed by atoms with Crippen molar-refractivity contribution in [3.8, 4) is 11.5 Å². The van der Waals surface area contributed by atoms with Crippen LogP contribution in [0.2, 0.25) is 0 Å². The summed E-state index contributed by atoms with van der Waals surface area (Å²) < 4.78 is 12.6. The number of nitrogens with zero attached hydrogens (tertiary/aromatic N) is 1. The molecular formula is C21H22Br2N2O4. The van der Waals surface area contributed by atoms with E-state index in [4.69, 9.17) is 14.3 Å². The fourth-order valence-corrected chi connectivity index (χ4v) is 3.11. The SMILES string of the molecule is CCOc1cc(C=C(Br)Br)ccc1OCc1ccccc1/C(=N\OC)C(=O)NC. The van der Waals surface area contributed by atoms with Gasteiger partial charge in [0, 0.05) is 12.6 Å². The number of likely N-dealkylation sites (N-methyl/N-ethyl adjacent to an activating group) is 1. The Morgan fingerprint density at radius 3 is 2.55 bits per heavy atom. The molecule has 0 atom stereocenters. The van der Waals surface area contributed by atoms with E-state index in [2.05, 4.69) is 42.3 Å². The average molecular weight is 526 g/mol. The number of carbonyl (C=O) groups excluding carboxylic acids is 1. The molecule has 0 spiro atoms. The normalized spacial score (nSPS) is 10.9. The number of benzene rings is 2. The Morgan fingerprint density at radius 1 is 1.14 bits per heavy atom. The summed E-state index contributed by atoms with van der Waals surface area (Å²) in [5.41, 5.74) is 2.57. The van der Waals surface area contributed by atoms with Crippen LogP contribution in [-0.4, -0.2) is 32.4 Å². The van der Waals surface area contributed by atoms with Crippen molar-refractivity contribution in [3.63, 3.8) is 0 Å². The lowest BCUT2D eigenvalue weighted by Crippen LogP contribution is -2.29. The molecule has 0 fully saturated rings. The van der Waals surface area contributed by atoms with Crippen LogP contribution in [0.3, 0.4) is 0 Å². The molecule has 154 valence electrons. The van der Waals surface area contributed by atoms with E-state index in [1.165, 1.54) is 7.11 Å². The summed E-state index contributed by atoms with van der Waals surface area (Å²) in [6.45, 7) is 2.66. The largest absolute Gasteiger partial charge is 0.490 e. The van der Waals surface area contributed by atoms with Gasteiger partial charge in [0.15, 0.2) is 17.2 Å². The van der Waals surface area contributed by atoms with Crippen molar-refractivity contribution < 1.29 is 19.1 Å². The summed E-state index contributed by atoms with van der Waals surface area (Å²) in [5, 5.41) is 6.45. The summed E-state index contributed by atoms with van der Waals surface area (Å²) >= 11 is 6.72. The van der Waals surface area contributed by atoms with Crippen molar-refractivity contribution in [1.82, 2.24) is 5.32 Å². The van der Waals surface area contributed by atoms with Crippen molar-refractivity contribution in [2.45, 2.75) is 13.5 Å². The number of carbonyl (C=O) groups is 1. The number of halogens is 2. The van der Waals surface area contributed by atoms with Crippen LogP contribution in [0, 0.1) is 0 Å². The summed E-state index contributed by atoms with van der Waals surface area (Å²) in [6.07, 6.45) is 1.92. The first-order chi connectivity index (χ1) is 14.0. The van der Waals surface area contributed by atoms with Crippen molar-refractivity contribution in [1.29, 1.82) is 0 Å². The first-order valence-corrected chi connectivity index (χ1v) is 10.4. The van der Waals surface area contributed by atoms with Crippen LogP contribution in [0.25, 0.3) is 6.08 Å². The molecule has 6 nitrogen and oxygen atoms in total. The number of oxime groups is 1. The van der Waals surface area contributed by atoms with Gasteiger partial charge in [-0.2, -0.15) is 0 Å². The average Bonchev–Trinajstić information content (AvgIpc) is 2.71. The molecule has 2 aromatic carbocycles. The van der Waals surface area contributed by atoms with Gasteiger partial charge >= 0.3 is 0 Å². The molecule has 0 saturated carbocycles. The third kappa shape index (κ3) is 6.61. The topological polar surface area (TPSA) is 69.1 Å². The first kappa shape index (κ1) is 23.0. The molecule has 0 aliphatic carbocycles. The lowest BCUT2D eigenvalue weighted by Gasteiger charge is -2.15. The van der Waals surface area contributed by atoms with Crippen LogP contribution >= 0.6 is 31.9 Å². The predicted octanol–water partition coefficient (Wildman–Crippen LogP) is 4.85. The van der Waals surface area contributed by atoms with Crippen LogP contribution in [0.5, 0.6) is 11.5 Å². The molecule has 29 heavy (non-hydrogen) atoms. The van der Waals surface area contributed by atoms with Crippen LogP contribution in [-0.2, 0) is 16.2 Å². The lowest BCUT2D eigenvalue weighted by atomic mass is 10.0. The van der Waals surface area contributed by atoms with E-state index in [0.717, 1.165) is 14.5 Å². The third-order valence-electron chi connectivity index (χ3n) is 3.82. The highest BCUT2D eigenvalue weighted by atomic mass is 79.9. The molecule has 0 aromatic heterocycles. The Hall–Kier alpha value is -2.32. The number of nitrogens with one attached hydrogen (secondary N) is 1. The maximum Gasteiger partial charge on any atom is 0.273 e. The molecular weight excluding hydrogens is 504 g/mol. The molecule has 0 aliphatic rings. The monoisotopic (exact) mass is 524 g/mol. The van der Waals surface area contributed by atoms with Gasteiger partial charge in [0.05, 0.1) is 10.00 Å². The summed E-state index contributed by atoms with van der Waals surface area (Å²) in [5.74, 6) is 0.900. The maximum atomic E-state index is 12.2. The highest BCUT2D eigenvalue weighted by molar-refractivity contribution is 9.28. The molecule has 0 saturated heterocycles. The quantitative estimate of drug-likeness (QED) is 0.375. The zero-order valence-electron chi connectivity index (χ0n) is 16.4.